The number of alkyl halides is 2. The summed E-state index contributed by atoms with van der Waals surface area (Å²) >= 11 is 3.94. The second kappa shape index (κ2) is 17.7. The van der Waals surface area contributed by atoms with Crippen LogP contribution in [-0.2, 0) is 4.79 Å². The number of aliphatic hydroxyl groups excluding tert-OH is 2. The van der Waals surface area contributed by atoms with Crippen molar-refractivity contribution in [3.05, 3.63) is 0 Å². The molecule has 162 valence electrons. The maximum atomic E-state index is 11.5. The molecule has 0 aromatic carbocycles. The SMILES string of the molecule is CCCCCCCCCCCCCCCC(CC(O)CO)C(I)(I)C(=O)O. The second-order valence-corrected chi connectivity index (χ2v) is 13.2. The zero-order valence-corrected chi connectivity index (χ0v) is 21.3. The van der Waals surface area contributed by atoms with Crippen molar-refractivity contribution < 1.29 is 20.1 Å². The largest absolute Gasteiger partial charge is 0.480 e. The van der Waals surface area contributed by atoms with E-state index in [1.165, 1.54) is 70.6 Å². The minimum absolute atomic E-state index is 0.133. The van der Waals surface area contributed by atoms with Crippen molar-refractivity contribution >= 4 is 51.2 Å². The van der Waals surface area contributed by atoms with Gasteiger partial charge in [-0.3, -0.25) is 0 Å². The lowest BCUT2D eigenvalue weighted by molar-refractivity contribution is -0.137. The van der Waals surface area contributed by atoms with E-state index in [0.29, 0.717) is 6.42 Å². The number of carbonyl (C=O) groups is 1. The van der Waals surface area contributed by atoms with Gasteiger partial charge in [0, 0.05) is 0 Å². The zero-order valence-electron chi connectivity index (χ0n) is 17.0. The molecule has 0 rings (SSSR count). The molecule has 0 aromatic heterocycles. The first-order valence-electron chi connectivity index (χ1n) is 10.8. The Kier molecular flexibility index (Phi) is 18.2. The monoisotopic (exact) mass is 610 g/mol. The van der Waals surface area contributed by atoms with Crippen molar-refractivity contribution in [3.63, 3.8) is 0 Å². The van der Waals surface area contributed by atoms with Crippen molar-refractivity contribution in [1.82, 2.24) is 0 Å². The highest BCUT2D eigenvalue weighted by Crippen LogP contribution is 2.41. The first kappa shape index (κ1) is 27.8. The molecule has 0 aromatic rings. The Morgan fingerprint density at radius 3 is 1.63 bits per heavy atom. The fourth-order valence-electron chi connectivity index (χ4n) is 3.43. The third kappa shape index (κ3) is 14.5. The van der Waals surface area contributed by atoms with Gasteiger partial charge in [0.25, 0.3) is 0 Å². The highest BCUT2D eigenvalue weighted by atomic mass is 127. The van der Waals surface area contributed by atoms with E-state index in [4.69, 9.17) is 5.11 Å². The van der Waals surface area contributed by atoms with Gasteiger partial charge < -0.3 is 15.3 Å². The standard InChI is InChI=1S/C21H40I2O4/c1-2-3-4-5-6-7-8-9-10-11-12-13-14-15-18(16-19(25)17-24)21(22,23)20(26)27/h18-19,24-25H,2-17H2,1H3,(H,26,27). The highest BCUT2D eigenvalue weighted by Gasteiger charge is 2.41. The van der Waals surface area contributed by atoms with E-state index in [-0.39, 0.29) is 12.5 Å². The fourth-order valence-corrected chi connectivity index (χ4v) is 4.56. The summed E-state index contributed by atoms with van der Waals surface area (Å²) in [6.07, 6.45) is 17.1. The molecule has 0 amide bonds. The van der Waals surface area contributed by atoms with Gasteiger partial charge in [0.15, 0.2) is 1.43 Å². The van der Waals surface area contributed by atoms with Gasteiger partial charge in [0.05, 0.1) is 12.7 Å². The minimum atomic E-state index is -0.928. The fraction of sp³-hybridized carbons (Fsp3) is 0.952. The summed E-state index contributed by atoms with van der Waals surface area (Å²) in [5.74, 6) is -0.986. The van der Waals surface area contributed by atoms with Gasteiger partial charge in [-0.25, -0.2) is 4.79 Å². The van der Waals surface area contributed by atoms with Crippen molar-refractivity contribution in [1.29, 1.82) is 0 Å². The van der Waals surface area contributed by atoms with E-state index in [9.17, 15) is 15.0 Å². The zero-order chi connectivity index (χ0) is 20.5. The number of carboxylic acid groups (broad SMARTS) is 1. The van der Waals surface area contributed by atoms with Gasteiger partial charge in [-0.1, -0.05) is 136 Å². The maximum Gasteiger partial charge on any atom is 0.329 e. The molecule has 0 aliphatic heterocycles. The van der Waals surface area contributed by atoms with Gasteiger partial charge in [-0.15, -0.1) is 0 Å². The lowest BCUT2D eigenvalue weighted by Gasteiger charge is -2.28. The van der Waals surface area contributed by atoms with E-state index >= 15 is 0 Å². The van der Waals surface area contributed by atoms with Crippen LogP contribution in [-0.4, -0.2) is 35.4 Å². The van der Waals surface area contributed by atoms with E-state index in [2.05, 4.69) is 6.92 Å². The van der Waals surface area contributed by atoms with Crippen LogP contribution in [0.4, 0.5) is 0 Å². The van der Waals surface area contributed by atoms with Crippen LogP contribution in [0.2, 0.25) is 0 Å². The molecule has 27 heavy (non-hydrogen) atoms. The summed E-state index contributed by atoms with van der Waals surface area (Å²) in [5, 5.41) is 28.2. The quantitative estimate of drug-likeness (QED) is 0.0890. The van der Waals surface area contributed by atoms with Crippen LogP contribution in [0.25, 0.3) is 0 Å². The van der Waals surface area contributed by atoms with Crippen molar-refractivity contribution in [2.24, 2.45) is 5.92 Å². The molecule has 2 unspecified atom stereocenters. The Labute approximate surface area is 193 Å². The molecular weight excluding hydrogens is 570 g/mol. The van der Waals surface area contributed by atoms with Crippen LogP contribution in [0.3, 0.4) is 0 Å². The van der Waals surface area contributed by atoms with Crippen LogP contribution in [0.1, 0.15) is 103 Å². The highest BCUT2D eigenvalue weighted by molar-refractivity contribution is 14.2. The Hall–Kier alpha value is 0.850. The predicted molar refractivity (Wildman–Crippen MR) is 130 cm³/mol. The lowest BCUT2D eigenvalue weighted by Crippen LogP contribution is -2.36. The Morgan fingerprint density at radius 1 is 0.852 bits per heavy atom. The molecule has 4 nitrogen and oxygen atoms in total. The summed E-state index contributed by atoms with van der Waals surface area (Å²) in [6, 6.07) is 0. The normalized spacial score (nSPS) is 14.3. The summed E-state index contributed by atoms with van der Waals surface area (Å²) < 4.78 is -0.928. The van der Waals surface area contributed by atoms with Crippen LogP contribution < -0.4 is 0 Å². The summed E-state index contributed by atoms with van der Waals surface area (Å²) in [6.45, 7) is 1.95. The molecule has 0 heterocycles. The summed E-state index contributed by atoms with van der Waals surface area (Å²) in [7, 11) is 0. The molecule has 0 saturated heterocycles. The number of hydrogen-bond acceptors (Lipinski definition) is 3. The third-order valence-electron chi connectivity index (χ3n) is 5.22. The average Bonchev–Trinajstić information content (AvgIpc) is 2.63. The molecule has 2 atom stereocenters. The third-order valence-corrected chi connectivity index (χ3v) is 7.91. The molecule has 6 heteroatoms. The van der Waals surface area contributed by atoms with E-state index in [1.54, 1.807) is 0 Å². The van der Waals surface area contributed by atoms with Gasteiger partial charge in [-0.2, -0.15) is 0 Å². The molecule has 0 aliphatic rings. The number of aliphatic carboxylic acids is 1. The molecule has 0 aliphatic carbocycles. The van der Waals surface area contributed by atoms with Gasteiger partial charge in [0.1, 0.15) is 0 Å². The molecule has 3 N–H and O–H groups in total. The maximum absolute atomic E-state index is 11.5. The number of carboxylic acids is 1. The molecule has 0 saturated carbocycles. The van der Waals surface area contributed by atoms with Gasteiger partial charge in [-0.05, 0) is 18.8 Å². The average molecular weight is 610 g/mol. The minimum Gasteiger partial charge on any atom is -0.480 e. The Balaban J connectivity index is 3.78. The molecular formula is C21H40I2O4. The second-order valence-electron chi connectivity index (χ2n) is 7.73. The van der Waals surface area contributed by atoms with Crippen LogP contribution >= 0.6 is 45.2 Å². The first-order valence-corrected chi connectivity index (χ1v) is 12.9. The van der Waals surface area contributed by atoms with Crippen LogP contribution in [0, 0.1) is 5.92 Å². The number of aliphatic hydroxyl groups is 2. The van der Waals surface area contributed by atoms with Crippen LogP contribution in [0.15, 0.2) is 0 Å². The van der Waals surface area contributed by atoms with Crippen molar-refractivity contribution in [2.75, 3.05) is 6.61 Å². The summed E-state index contributed by atoms with van der Waals surface area (Å²) in [4.78, 5) is 11.5. The first-order chi connectivity index (χ1) is 12.9. The number of hydrogen-bond donors (Lipinski definition) is 3. The van der Waals surface area contributed by atoms with E-state index in [0.717, 1.165) is 19.3 Å². The Morgan fingerprint density at radius 2 is 1.26 bits per heavy atom. The molecule has 0 spiro atoms. The van der Waals surface area contributed by atoms with E-state index in [1.807, 2.05) is 45.2 Å². The smallest absolute Gasteiger partial charge is 0.329 e. The van der Waals surface area contributed by atoms with E-state index < -0.39 is 13.5 Å². The number of unbranched alkanes of at least 4 members (excludes halogenated alkanes) is 12. The molecule has 0 fully saturated rings. The number of halogens is 2. The topological polar surface area (TPSA) is 77.8 Å². The van der Waals surface area contributed by atoms with Crippen LogP contribution in [0.5, 0.6) is 0 Å². The molecule has 0 radical (unpaired) electrons. The van der Waals surface area contributed by atoms with Crippen molar-refractivity contribution in [2.45, 2.75) is 111 Å². The predicted octanol–water partition coefficient (Wildman–Crippen LogP) is 6.48. The molecule has 0 bridgehead atoms. The number of rotatable bonds is 19. The van der Waals surface area contributed by atoms with Crippen molar-refractivity contribution in [3.8, 4) is 0 Å². The van der Waals surface area contributed by atoms with Gasteiger partial charge in [0.2, 0.25) is 0 Å². The van der Waals surface area contributed by atoms with Gasteiger partial charge >= 0.3 is 5.97 Å². The summed E-state index contributed by atoms with van der Waals surface area (Å²) in [5.41, 5.74) is 0. The Bertz CT molecular complexity index is 364. The lowest BCUT2D eigenvalue weighted by atomic mass is 9.91.